The number of carbonyl (C=O) groups excluding carboxylic acids is 2. The van der Waals surface area contributed by atoms with Gasteiger partial charge < -0.3 is 11.1 Å². The van der Waals surface area contributed by atoms with Crippen LogP contribution in [0.2, 0.25) is 0 Å². The Hall–Kier alpha value is -1.08. The van der Waals surface area contributed by atoms with E-state index in [4.69, 9.17) is 5.73 Å². The van der Waals surface area contributed by atoms with Crippen molar-refractivity contribution in [1.29, 1.82) is 0 Å². The Labute approximate surface area is 145 Å². The average Bonchev–Trinajstić information content (AvgIpc) is 2.67. The van der Waals surface area contributed by atoms with Crippen LogP contribution in [-0.2, 0) is 16.0 Å². The zero-order valence-electron chi connectivity index (χ0n) is 13.8. The summed E-state index contributed by atoms with van der Waals surface area (Å²) in [6.07, 6.45) is 7.34. The third-order valence-electron chi connectivity index (χ3n) is 4.06. The number of nitrogens with two attached hydrogens (primary N) is 1. The monoisotopic (exact) mass is 355 g/mol. The second kappa shape index (κ2) is 8.68. The van der Waals surface area contributed by atoms with Crippen LogP contribution >= 0.6 is 23.1 Å². The van der Waals surface area contributed by atoms with Crippen LogP contribution in [0.15, 0.2) is 4.34 Å². The molecule has 0 aromatic carbocycles. The number of primary amides is 1. The lowest BCUT2D eigenvalue weighted by Crippen LogP contribution is -2.39. The summed E-state index contributed by atoms with van der Waals surface area (Å²) in [7, 11) is 0. The molecular weight excluding hydrogens is 330 g/mol. The first kappa shape index (κ1) is 18.3. The Morgan fingerprint density at radius 2 is 2.00 bits per heavy atom. The Balaban J connectivity index is 1.88. The summed E-state index contributed by atoms with van der Waals surface area (Å²) in [5.41, 5.74) is 6.06. The highest BCUT2D eigenvalue weighted by atomic mass is 32.2. The van der Waals surface area contributed by atoms with Gasteiger partial charge in [0.15, 0.2) is 4.34 Å². The minimum absolute atomic E-state index is 0.0752. The normalized spacial score (nSPS) is 17.5. The topological polar surface area (TPSA) is 85.1 Å². The van der Waals surface area contributed by atoms with Crippen LogP contribution in [0.5, 0.6) is 0 Å². The lowest BCUT2D eigenvalue weighted by atomic mass is 10.1. The number of aryl methyl sites for hydroxylation is 1. The molecule has 3 N–H and O–H groups in total. The molecule has 1 saturated carbocycles. The van der Waals surface area contributed by atoms with E-state index in [1.165, 1.54) is 48.8 Å². The maximum atomic E-state index is 12.4. The summed E-state index contributed by atoms with van der Waals surface area (Å²) in [5, 5.41) is 2.99. The molecule has 0 bridgehead atoms. The largest absolute Gasteiger partial charge is 0.369 e. The van der Waals surface area contributed by atoms with E-state index in [2.05, 4.69) is 10.3 Å². The average molecular weight is 356 g/mol. The van der Waals surface area contributed by atoms with Crippen molar-refractivity contribution in [2.75, 3.05) is 0 Å². The molecular formula is C16H25N3O2S2. The molecule has 0 spiro atoms. The molecule has 7 heteroatoms. The fourth-order valence-corrected chi connectivity index (χ4v) is 5.12. The van der Waals surface area contributed by atoms with E-state index < -0.39 is 0 Å². The van der Waals surface area contributed by atoms with Crippen molar-refractivity contribution in [3.8, 4) is 0 Å². The molecule has 0 aliphatic heterocycles. The van der Waals surface area contributed by atoms with Gasteiger partial charge in [0.2, 0.25) is 11.8 Å². The van der Waals surface area contributed by atoms with Crippen molar-refractivity contribution in [3.05, 3.63) is 10.6 Å². The van der Waals surface area contributed by atoms with Crippen molar-refractivity contribution >= 4 is 34.9 Å². The van der Waals surface area contributed by atoms with E-state index in [-0.39, 0.29) is 23.5 Å². The molecule has 23 heavy (non-hydrogen) atoms. The number of hydrogen-bond donors (Lipinski definition) is 2. The lowest BCUT2D eigenvalue weighted by Gasteiger charge is -2.18. The van der Waals surface area contributed by atoms with E-state index in [1.807, 2.05) is 13.8 Å². The summed E-state index contributed by atoms with van der Waals surface area (Å²) in [5.74, 6) is -0.279. The molecule has 1 atom stereocenters. The van der Waals surface area contributed by atoms with Crippen LogP contribution in [0.4, 0.5) is 0 Å². The third kappa shape index (κ3) is 5.80. The number of rotatable bonds is 6. The summed E-state index contributed by atoms with van der Waals surface area (Å²) in [6, 6.07) is 0.316. The van der Waals surface area contributed by atoms with Gasteiger partial charge in [-0.2, -0.15) is 0 Å². The number of hydrogen-bond acceptors (Lipinski definition) is 5. The maximum absolute atomic E-state index is 12.4. The van der Waals surface area contributed by atoms with Crippen LogP contribution in [0, 0.1) is 6.92 Å². The molecule has 0 saturated heterocycles. The molecule has 2 rings (SSSR count). The van der Waals surface area contributed by atoms with E-state index in [9.17, 15) is 9.59 Å². The van der Waals surface area contributed by atoms with Gasteiger partial charge in [-0.05, 0) is 26.7 Å². The molecule has 2 amide bonds. The summed E-state index contributed by atoms with van der Waals surface area (Å²) < 4.78 is 0.822. The number of carbonyl (C=O) groups is 2. The minimum Gasteiger partial charge on any atom is -0.369 e. The van der Waals surface area contributed by atoms with E-state index in [0.29, 0.717) is 6.04 Å². The molecule has 128 valence electrons. The number of nitrogens with zero attached hydrogens (tertiary/aromatic N) is 1. The highest BCUT2D eigenvalue weighted by molar-refractivity contribution is 8.02. The fourth-order valence-electron chi connectivity index (χ4n) is 2.72. The molecule has 0 radical (unpaired) electrons. The lowest BCUT2D eigenvalue weighted by molar-refractivity contribution is -0.121. The number of amides is 2. The Bertz CT molecular complexity index is 552. The third-order valence-corrected chi connectivity index (χ3v) is 6.41. The zero-order chi connectivity index (χ0) is 16.8. The van der Waals surface area contributed by atoms with Crippen molar-refractivity contribution in [2.24, 2.45) is 5.73 Å². The molecule has 1 aromatic heterocycles. The highest BCUT2D eigenvalue weighted by Gasteiger charge is 2.21. The number of aromatic nitrogens is 1. The Morgan fingerprint density at radius 1 is 1.35 bits per heavy atom. The fraction of sp³-hybridized carbons (Fsp3) is 0.688. The molecule has 1 heterocycles. The quantitative estimate of drug-likeness (QED) is 0.607. The van der Waals surface area contributed by atoms with Crippen molar-refractivity contribution in [2.45, 2.75) is 74.4 Å². The van der Waals surface area contributed by atoms with Gasteiger partial charge in [0.25, 0.3) is 0 Å². The van der Waals surface area contributed by atoms with Crippen molar-refractivity contribution < 1.29 is 9.59 Å². The van der Waals surface area contributed by atoms with Crippen LogP contribution in [0.3, 0.4) is 0 Å². The first-order valence-corrected chi connectivity index (χ1v) is 9.87. The summed E-state index contributed by atoms with van der Waals surface area (Å²) >= 11 is 2.90. The molecule has 1 aromatic rings. The Morgan fingerprint density at radius 3 is 2.61 bits per heavy atom. The number of thiazole rings is 1. The van der Waals surface area contributed by atoms with E-state index >= 15 is 0 Å². The van der Waals surface area contributed by atoms with Crippen molar-refractivity contribution in [3.63, 3.8) is 0 Å². The van der Waals surface area contributed by atoms with Crippen molar-refractivity contribution in [1.82, 2.24) is 10.3 Å². The smallest absolute Gasteiger partial charge is 0.233 e. The summed E-state index contributed by atoms with van der Waals surface area (Å²) in [6.45, 7) is 3.77. The van der Waals surface area contributed by atoms with Gasteiger partial charge in [-0.15, -0.1) is 11.3 Å². The van der Waals surface area contributed by atoms with Crippen LogP contribution in [0.1, 0.15) is 56.0 Å². The molecule has 1 aliphatic carbocycles. The number of thioether (sulfide) groups is 1. The van der Waals surface area contributed by atoms with Gasteiger partial charge in [-0.1, -0.05) is 37.4 Å². The van der Waals surface area contributed by atoms with Crippen LogP contribution < -0.4 is 11.1 Å². The standard InChI is InChI=1S/C16H25N3O2S2/c1-10-13(9-14(17)20)23-16(18-10)22-11(2)15(21)19-12-7-5-3-4-6-8-12/h11-12H,3-9H2,1-2H3,(H2,17,20)(H,19,21)/t11-/m1/s1. The molecule has 1 aliphatic rings. The van der Waals surface area contributed by atoms with Gasteiger partial charge in [0, 0.05) is 10.9 Å². The highest BCUT2D eigenvalue weighted by Crippen LogP contribution is 2.30. The van der Waals surface area contributed by atoms with E-state index in [1.54, 1.807) is 0 Å². The minimum atomic E-state index is -0.354. The maximum Gasteiger partial charge on any atom is 0.233 e. The first-order valence-electron chi connectivity index (χ1n) is 8.17. The van der Waals surface area contributed by atoms with Gasteiger partial charge in [0.05, 0.1) is 17.4 Å². The van der Waals surface area contributed by atoms with Gasteiger partial charge in [-0.25, -0.2) is 4.98 Å². The van der Waals surface area contributed by atoms with E-state index in [0.717, 1.165) is 27.8 Å². The molecule has 0 unspecified atom stereocenters. The van der Waals surface area contributed by atoms with Gasteiger partial charge in [0.1, 0.15) is 0 Å². The predicted octanol–water partition coefficient (Wildman–Crippen LogP) is 2.80. The SMILES string of the molecule is Cc1nc(S[C@H](C)C(=O)NC2CCCCCC2)sc1CC(N)=O. The van der Waals surface area contributed by atoms with Crippen LogP contribution in [-0.4, -0.2) is 28.1 Å². The predicted molar refractivity (Wildman–Crippen MR) is 94.7 cm³/mol. The van der Waals surface area contributed by atoms with Gasteiger partial charge in [-0.3, -0.25) is 9.59 Å². The molecule has 5 nitrogen and oxygen atoms in total. The Kier molecular flexibility index (Phi) is 6.89. The zero-order valence-corrected chi connectivity index (χ0v) is 15.4. The second-order valence-electron chi connectivity index (χ2n) is 6.09. The van der Waals surface area contributed by atoms with Gasteiger partial charge >= 0.3 is 0 Å². The summed E-state index contributed by atoms with van der Waals surface area (Å²) in [4.78, 5) is 28.7. The second-order valence-corrected chi connectivity index (χ2v) is 8.76. The van der Waals surface area contributed by atoms with Crippen LogP contribution in [0.25, 0.3) is 0 Å². The number of nitrogens with one attached hydrogen (secondary N) is 1. The first-order chi connectivity index (χ1) is 11.0. The molecule has 1 fully saturated rings.